The van der Waals surface area contributed by atoms with Crippen LogP contribution < -0.4 is 16.6 Å². The highest BCUT2D eigenvalue weighted by Gasteiger charge is 2.36. The predicted octanol–water partition coefficient (Wildman–Crippen LogP) is 2.54. The third-order valence-corrected chi connectivity index (χ3v) is 6.51. The van der Waals surface area contributed by atoms with Crippen molar-refractivity contribution in [1.29, 1.82) is 0 Å². The number of carbonyl (C=O) groups is 1. The number of ether oxygens (including phenoxy) is 1. The van der Waals surface area contributed by atoms with E-state index in [0.29, 0.717) is 46.5 Å². The molecule has 1 aromatic carbocycles. The zero-order chi connectivity index (χ0) is 23.2. The topological polar surface area (TPSA) is 100 Å². The third kappa shape index (κ3) is 3.91. The summed E-state index contributed by atoms with van der Waals surface area (Å²) in [7, 11) is 3.29. The molecule has 0 atom stereocenters. The van der Waals surface area contributed by atoms with Crippen molar-refractivity contribution < 1.29 is 9.53 Å². The van der Waals surface area contributed by atoms with Gasteiger partial charge >= 0.3 is 11.7 Å². The lowest BCUT2D eigenvalue weighted by Gasteiger charge is -2.34. The lowest BCUT2D eigenvalue weighted by atomic mass is 9.80. The second-order valence-corrected chi connectivity index (χ2v) is 8.72. The molecule has 0 aliphatic heterocycles. The van der Waals surface area contributed by atoms with Gasteiger partial charge < -0.3 is 14.6 Å². The second kappa shape index (κ2) is 8.63. The van der Waals surface area contributed by atoms with Gasteiger partial charge in [-0.25, -0.2) is 4.79 Å². The van der Waals surface area contributed by atoms with E-state index in [-0.39, 0.29) is 30.1 Å². The number of anilines is 1. The van der Waals surface area contributed by atoms with Crippen LogP contribution in [0, 0.1) is 5.92 Å². The number of hydrogen-bond donors (Lipinski definition) is 1. The number of aromatic nitrogens is 4. The first-order chi connectivity index (χ1) is 15.2. The van der Waals surface area contributed by atoms with E-state index in [1.807, 2.05) is 0 Å². The summed E-state index contributed by atoms with van der Waals surface area (Å²) in [5, 5.41) is 4.02. The van der Waals surface area contributed by atoms with Crippen molar-refractivity contribution >= 4 is 46.3 Å². The molecule has 11 heteroatoms. The number of carbonyl (C=O) groups excluding carboxylic acids is 1. The van der Waals surface area contributed by atoms with E-state index in [0.717, 1.165) is 4.57 Å². The van der Waals surface area contributed by atoms with Gasteiger partial charge in [0.25, 0.3) is 5.56 Å². The quantitative estimate of drug-likeness (QED) is 0.545. The Morgan fingerprint density at radius 2 is 1.91 bits per heavy atom. The minimum Gasteiger partial charge on any atom is -0.466 e. The van der Waals surface area contributed by atoms with E-state index >= 15 is 0 Å². The van der Waals surface area contributed by atoms with E-state index in [9.17, 15) is 14.4 Å². The van der Waals surface area contributed by atoms with E-state index in [1.165, 1.54) is 4.57 Å². The maximum atomic E-state index is 13.2. The predicted molar refractivity (Wildman–Crippen MR) is 123 cm³/mol. The molecule has 2 heterocycles. The molecule has 2 aromatic heterocycles. The number of fused-ring (bicyclic) bond motifs is 1. The summed E-state index contributed by atoms with van der Waals surface area (Å²) in [6.45, 7) is 2.20. The molecule has 170 valence electrons. The van der Waals surface area contributed by atoms with E-state index in [2.05, 4.69) is 10.3 Å². The van der Waals surface area contributed by atoms with Crippen LogP contribution in [0.25, 0.3) is 11.2 Å². The molecule has 0 radical (unpaired) electrons. The molecule has 1 aliphatic rings. The number of rotatable bonds is 6. The normalized spacial score (nSPS) is 17.9. The van der Waals surface area contributed by atoms with Gasteiger partial charge in [0.05, 0.1) is 29.1 Å². The van der Waals surface area contributed by atoms with Crippen LogP contribution >= 0.6 is 23.2 Å². The largest absolute Gasteiger partial charge is 0.466 e. The van der Waals surface area contributed by atoms with Crippen LogP contribution in [0.5, 0.6) is 0 Å². The fraction of sp³-hybridized carbons (Fsp3) is 0.429. The van der Waals surface area contributed by atoms with E-state index < -0.39 is 11.2 Å². The fourth-order valence-electron chi connectivity index (χ4n) is 3.90. The van der Waals surface area contributed by atoms with Gasteiger partial charge in [-0.2, -0.15) is 4.98 Å². The van der Waals surface area contributed by atoms with Gasteiger partial charge in [-0.15, -0.1) is 0 Å². The maximum absolute atomic E-state index is 13.2. The smallest absolute Gasteiger partial charge is 0.332 e. The van der Waals surface area contributed by atoms with Gasteiger partial charge in [-0.05, 0) is 37.5 Å². The zero-order valence-corrected chi connectivity index (χ0v) is 19.4. The Labute approximate surface area is 193 Å². The summed E-state index contributed by atoms with van der Waals surface area (Å²) in [4.78, 5) is 42.4. The summed E-state index contributed by atoms with van der Waals surface area (Å²) in [5.41, 5.74) is 0.338. The van der Waals surface area contributed by atoms with E-state index in [1.54, 1.807) is 43.8 Å². The number of imidazole rings is 1. The first-order valence-electron chi connectivity index (χ1n) is 10.2. The lowest BCUT2D eigenvalue weighted by Crippen LogP contribution is -2.41. The maximum Gasteiger partial charge on any atom is 0.332 e. The van der Waals surface area contributed by atoms with Crippen molar-refractivity contribution in [3.63, 3.8) is 0 Å². The minimum atomic E-state index is -0.482. The summed E-state index contributed by atoms with van der Waals surface area (Å²) >= 11 is 12.0. The third-order valence-electron chi connectivity index (χ3n) is 5.78. The molecule has 1 N–H and O–H groups in total. The first kappa shape index (κ1) is 22.4. The molecule has 4 rings (SSSR count). The van der Waals surface area contributed by atoms with Crippen LogP contribution in [-0.2, 0) is 30.2 Å². The Bertz CT molecular complexity index is 1320. The van der Waals surface area contributed by atoms with Crippen LogP contribution in [0.4, 0.5) is 5.95 Å². The van der Waals surface area contributed by atoms with Crippen LogP contribution in [0.1, 0.15) is 25.3 Å². The average Bonchev–Trinajstić information content (AvgIpc) is 3.05. The SMILES string of the molecule is CCOC(=O)[C@H]1C[C@@H](Nc2nc3c(c(=O)n(Cc4ccc(Cl)c(Cl)c4)c(=O)n3C)n2C)C1. The van der Waals surface area contributed by atoms with Crippen molar-refractivity contribution in [2.24, 2.45) is 20.0 Å². The standard InChI is InChI=1S/C21H23Cl2N5O4/c1-4-32-19(30)12-8-13(9-12)24-20-25-17-16(26(20)2)18(29)28(21(31)27(17)3)10-11-5-6-14(22)15(23)7-11/h5-7,12-13H,4,8-10H2,1-3H3,(H,24,25)/t12-,13+. The fourth-order valence-corrected chi connectivity index (χ4v) is 4.22. The molecule has 9 nitrogen and oxygen atoms in total. The number of nitrogens with one attached hydrogen (secondary N) is 1. The Morgan fingerprint density at radius 3 is 2.56 bits per heavy atom. The van der Waals surface area contributed by atoms with Gasteiger partial charge in [0.15, 0.2) is 11.2 Å². The van der Waals surface area contributed by atoms with Crippen LogP contribution in [-0.4, -0.2) is 37.3 Å². The van der Waals surface area contributed by atoms with Crippen molar-refractivity contribution in [2.45, 2.75) is 32.4 Å². The Hall–Kier alpha value is -2.78. The molecule has 0 amide bonds. The summed E-state index contributed by atoms with van der Waals surface area (Å²) in [6.07, 6.45) is 1.26. The average molecular weight is 480 g/mol. The molecular weight excluding hydrogens is 457 g/mol. The first-order valence-corrected chi connectivity index (χ1v) is 11.0. The van der Waals surface area contributed by atoms with Gasteiger partial charge in [-0.3, -0.25) is 18.7 Å². The van der Waals surface area contributed by atoms with Crippen LogP contribution in [0.2, 0.25) is 10.0 Å². The van der Waals surface area contributed by atoms with Crippen molar-refractivity contribution in [2.75, 3.05) is 11.9 Å². The number of halogens is 2. The molecule has 32 heavy (non-hydrogen) atoms. The molecule has 1 aliphatic carbocycles. The zero-order valence-electron chi connectivity index (χ0n) is 17.9. The number of nitrogens with zero attached hydrogens (tertiary/aromatic N) is 4. The molecule has 0 unspecified atom stereocenters. The number of aryl methyl sites for hydroxylation is 2. The lowest BCUT2D eigenvalue weighted by molar-refractivity contribution is -0.151. The highest BCUT2D eigenvalue weighted by atomic mass is 35.5. The monoisotopic (exact) mass is 479 g/mol. The van der Waals surface area contributed by atoms with E-state index in [4.69, 9.17) is 27.9 Å². The van der Waals surface area contributed by atoms with Crippen molar-refractivity contribution in [3.05, 3.63) is 54.6 Å². The summed E-state index contributed by atoms with van der Waals surface area (Å²) in [5.74, 6) is 0.143. The van der Waals surface area contributed by atoms with Crippen LogP contribution in [0.15, 0.2) is 27.8 Å². The second-order valence-electron chi connectivity index (χ2n) is 7.91. The minimum absolute atomic E-state index is 0.0374. The highest BCUT2D eigenvalue weighted by molar-refractivity contribution is 6.42. The summed E-state index contributed by atoms with van der Waals surface area (Å²) < 4.78 is 9.19. The molecule has 3 aromatic rings. The van der Waals surface area contributed by atoms with Gasteiger partial charge in [0.1, 0.15) is 0 Å². The van der Waals surface area contributed by atoms with Crippen molar-refractivity contribution in [1.82, 2.24) is 18.7 Å². The molecule has 0 bridgehead atoms. The number of hydrogen-bond acceptors (Lipinski definition) is 6. The highest BCUT2D eigenvalue weighted by Crippen LogP contribution is 2.31. The van der Waals surface area contributed by atoms with Gasteiger partial charge in [0, 0.05) is 20.1 Å². The molecule has 0 saturated heterocycles. The molecule has 1 saturated carbocycles. The molecule has 1 fully saturated rings. The van der Waals surface area contributed by atoms with Gasteiger partial charge in [0.2, 0.25) is 5.95 Å². The van der Waals surface area contributed by atoms with Crippen LogP contribution in [0.3, 0.4) is 0 Å². The molecule has 0 spiro atoms. The Morgan fingerprint density at radius 1 is 1.19 bits per heavy atom. The number of benzene rings is 1. The van der Waals surface area contributed by atoms with Crippen molar-refractivity contribution in [3.8, 4) is 0 Å². The summed E-state index contributed by atoms with van der Waals surface area (Å²) in [6, 6.07) is 5.01. The Kier molecular flexibility index (Phi) is 6.05. The van der Waals surface area contributed by atoms with Gasteiger partial charge in [-0.1, -0.05) is 29.3 Å². The Balaban J connectivity index is 1.64. The molecular formula is C21H23Cl2N5O4. The number of esters is 1.